The lowest BCUT2D eigenvalue weighted by atomic mass is 9.91. The molecule has 4 amide bonds. The van der Waals surface area contributed by atoms with E-state index in [1.807, 2.05) is 4.90 Å². The zero-order chi connectivity index (χ0) is 17.6. The smallest absolute Gasteiger partial charge is 0.322 e. The second-order valence-corrected chi connectivity index (χ2v) is 7.20. The van der Waals surface area contributed by atoms with Crippen LogP contribution in [-0.2, 0) is 10.3 Å². The summed E-state index contributed by atoms with van der Waals surface area (Å²) in [5.74, 6) is -0.332. The molecule has 3 saturated heterocycles. The summed E-state index contributed by atoms with van der Waals surface area (Å²) < 4.78 is 0. The Morgan fingerprint density at radius 3 is 2.46 bits per heavy atom. The van der Waals surface area contributed by atoms with Crippen molar-refractivity contribution in [2.75, 3.05) is 13.1 Å². The Labute approximate surface area is 158 Å². The van der Waals surface area contributed by atoms with Gasteiger partial charge in [0.2, 0.25) is 0 Å². The van der Waals surface area contributed by atoms with E-state index in [2.05, 4.69) is 16.0 Å². The van der Waals surface area contributed by atoms with Crippen molar-refractivity contribution in [3.8, 4) is 0 Å². The van der Waals surface area contributed by atoms with E-state index >= 15 is 0 Å². The maximum absolute atomic E-state index is 13.0. The molecule has 0 aromatic heterocycles. The number of nitrogens with one attached hydrogen (secondary N) is 3. The number of rotatable bonds is 2. The van der Waals surface area contributed by atoms with Gasteiger partial charge in [-0.25, -0.2) is 4.79 Å². The number of imide groups is 1. The van der Waals surface area contributed by atoms with Gasteiger partial charge in [0.05, 0.1) is 0 Å². The fourth-order valence-corrected chi connectivity index (χ4v) is 4.16. The quantitative estimate of drug-likeness (QED) is 0.673. The van der Waals surface area contributed by atoms with Crippen LogP contribution in [0.2, 0.25) is 0 Å². The van der Waals surface area contributed by atoms with Gasteiger partial charge in [-0.15, -0.1) is 12.4 Å². The maximum Gasteiger partial charge on any atom is 0.322 e. The average molecular weight is 379 g/mol. The maximum atomic E-state index is 13.0. The second kappa shape index (κ2) is 6.89. The zero-order valence-electron chi connectivity index (χ0n) is 14.6. The number of carbonyl (C=O) groups excluding carboxylic acids is 3. The van der Waals surface area contributed by atoms with E-state index in [0.717, 1.165) is 32.4 Å². The normalized spacial score (nSPS) is 30.3. The van der Waals surface area contributed by atoms with Gasteiger partial charge in [0.25, 0.3) is 11.8 Å². The number of benzene rings is 1. The first-order valence-electron chi connectivity index (χ1n) is 8.76. The van der Waals surface area contributed by atoms with Crippen LogP contribution in [0, 0.1) is 0 Å². The highest BCUT2D eigenvalue weighted by Gasteiger charge is 2.43. The third-order valence-corrected chi connectivity index (χ3v) is 5.64. The van der Waals surface area contributed by atoms with Crippen LogP contribution in [0.25, 0.3) is 0 Å². The summed E-state index contributed by atoms with van der Waals surface area (Å²) >= 11 is 0. The molecule has 3 atom stereocenters. The Morgan fingerprint density at radius 1 is 1.12 bits per heavy atom. The zero-order valence-corrected chi connectivity index (χ0v) is 15.4. The Morgan fingerprint density at radius 2 is 1.81 bits per heavy atom. The van der Waals surface area contributed by atoms with Crippen molar-refractivity contribution in [1.29, 1.82) is 0 Å². The van der Waals surface area contributed by atoms with Gasteiger partial charge in [0.15, 0.2) is 0 Å². The van der Waals surface area contributed by atoms with Gasteiger partial charge in [-0.1, -0.05) is 12.1 Å². The Hall–Kier alpha value is -2.12. The monoisotopic (exact) mass is 378 g/mol. The minimum atomic E-state index is -1.09. The third kappa shape index (κ3) is 2.95. The van der Waals surface area contributed by atoms with E-state index in [-0.39, 0.29) is 30.3 Å². The lowest BCUT2D eigenvalue weighted by molar-refractivity contribution is -0.123. The molecule has 26 heavy (non-hydrogen) atoms. The van der Waals surface area contributed by atoms with Gasteiger partial charge in [-0.05, 0) is 50.4 Å². The minimum absolute atomic E-state index is 0. The molecule has 3 fully saturated rings. The molecule has 3 heterocycles. The topological polar surface area (TPSA) is 90.5 Å². The fourth-order valence-electron chi connectivity index (χ4n) is 4.16. The van der Waals surface area contributed by atoms with Crippen molar-refractivity contribution < 1.29 is 14.4 Å². The summed E-state index contributed by atoms with van der Waals surface area (Å²) in [7, 11) is 0. The van der Waals surface area contributed by atoms with Crippen LogP contribution in [0.4, 0.5) is 4.79 Å². The van der Waals surface area contributed by atoms with Crippen molar-refractivity contribution in [1.82, 2.24) is 20.9 Å². The van der Waals surface area contributed by atoms with Gasteiger partial charge >= 0.3 is 6.03 Å². The van der Waals surface area contributed by atoms with Gasteiger partial charge in [0, 0.05) is 24.2 Å². The molecule has 4 rings (SSSR count). The van der Waals surface area contributed by atoms with Gasteiger partial charge in [0.1, 0.15) is 5.54 Å². The van der Waals surface area contributed by atoms with E-state index in [4.69, 9.17) is 0 Å². The van der Waals surface area contributed by atoms with Crippen LogP contribution < -0.4 is 16.0 Å². The molecule has 0 saturated carbocycles. The number of amides is 4. The molecule has 3 aliphatic rings. The van der Waals surface area contributed by atoms with E-state index in [1.165, 1.54) is 0 Å². The molecule has 3 aliphatic heterocycles. The molecular weight excluding hydrogens is 356 g/mol. The first-order valence-corrected chi connectivity index (χ1v) is 8.76. The first-order chi connectivity index (χ1) is 12.0. The molecule has 3 unspecified atom stereocenters. The van der Waals surface area contributed by atoms with Crippen molar-refractivity contribution in [3.05, 3.63) is 35.4 Å². The Kier molecular flexibility index (Phi) is 4.94. The summed E-state index contributed by atoms with van der Waals surface area (Å²) in [4.78, 5) is 38.5. The Bertz CT molecular complexity index is 724. The van der Waals surface area contributed by atoms with Crippen LogP contribution in [0.3, 0.4) is 0 Å². The number of fused-ring (bicyclic) bond motifs is 2. The lowest BCUT2D eigenvalue weighted by Gasteiger charge is -2.28. The fraction of sp³-hybridized carbons (Fsp3) is 0.500. The predicted molar refractivity (Wildman–Crippen MR) is 98.2 cm³/mol. The third-order valence-electron chi connectivity index (χ3n) is 5.64. The van der Waals surface area contributed by atoms with Crippen LogP contribution in [0.1, 0.15) is 42.1 Å². The van der Waals surface area contributed by atoms with E-state index < -0.39 is 11.6 Å². The number of nitrogens with zero attached hydrogens (tertiary/aromatic N) is 1. The number of urea groups is 1. The highest BCUT2D eigenvalue weighted by molar-refractivity contribution is 6.07. The van der Waals surface area contributed by atoms with Crippen molar-refractivity contribution >= 4 is 30.3 Å². The van der Waals surface area contributed by atoms with Crippen LogP contribution in [-0.4, -0.2) is 47.9 Å². The lowest BCUT2D eigenvalue weighted by Crippen LogP contribution is -2.42. The highest BCUT2D eigenvalue weighted by atomic mass is 35.5. The molecular formula is C18H23ClN4O3. The van der Waals surface area contributed by atoms with Gasteiger partial charge < -0.3 is 15.5 Å². The second-order valence-electron chi connectivity index (χ2n) is 7.20. The number of hydrogen-bond acceptors (Lipinski definition) is 4. The highest BCUT2D eigenvalue weighted by Crippen LogP contribution is 2.30. The molecule has 3 N–H and O–H groups in total. The number of carbonyl (C=O) groups is 3. The predicted octanol–water partition coefficient (Wildman–Crippen LogP) is 1.13. The standard InChI is InChI=1S/C18H22N4O3.ClH/c1-18(16(24)20-17(25)21-18)12-4-2-11(3-5-12)15(23)22-13-6-7-14(22)10-19-9-8-13;/h2-5,13-14,19H,6-10H2,1H3,(H2,20,21,24,25);1H. The van der Waals surface area contributed by atoms with Crippen LogP contribution >= 0.6 is 12.4 Å². The number of hydrogen-bond donors (Lipinski definition) is 3. The van der Waals surface area contributed by atoms with Gasteiger partial charge in [-0.3, -0.25) is 14.9 Å². The molecule has 2 bridgehead atoms. The number of halogens is 1. The summed E-state index contributed by atoms with van der Waals surface area (Å²) in [6, 6.07) is 7.06. The molecule has 1 aromatic carbocycles. The minimum Gasteiger partial charge on any atom is -0.331 e. The molecule has 0 spiro atoms. The largest absolute Gasteiger partial charge is 0.331 e. The molecule has 140 valence electrons. The van der Waals surface area contributed by atoms with E-state index in [9.17, 15) is 14.4 Å². The summed E-state index contributed by atoms with van der Waals surface area (Å²) in [6.45, 7) is 3.46. The summed E-state index contributed by atoms with van der Waals surface area (Å²) in [6.07, 6.45) is 3.11. The Balaban J connectivity index is 0.00000196. The van der Waals surface area contributed by atoms with E-state index in [0.29, 0.717) is 17.2 Å². The SMILES string of the molecule is CC1(c2ccc(C(=O)N3C4CCNCC3CC4)cc2)NC(=O)NC1=O.Cl. The summed E-state index contributed by atoms with van der Waals surface area (Å²) in [5.41, 5.74) is 0.188. The molecule has 1 aromatic rings. The summed E-state index contributed by atoms with van der Waals surface area (Å²) in [5, 5.41) is 8.28. The molecule has 7 nitrogen and oxygen atoms in total. The average Bonchev–Trinajstić information content (AvgIpc) is 3.01. The van der Waals surface area contributed by atoms with Crippen molar-refractivity contribution in [2.24, 2.45) is 0 Å². The molecule has 0 radical (unpaired) electrons. The van der Waals surface area contributed by atoms with E-state index in [1.54, 1.807) is 31.2 Å². The van der Waals surface area contributed by atoms with Crippen LogP contribution in [0.15, 0.2) is 24.3 Å². The van der Waals surface area contributed by atoms with Crippen LogP contribution in [0.5, 0.6) is 0 Å². The van der Waals surface area contributed by atoms with Gasteiger partial charge in [-0.2, -0.15) is 0 Å². The molecule has 8 heteroatoms. The van der Waals surface area contributed by atoms with Crippen molar-refractivity contribution in [2.45, 2.75) is 43.8 Å². The first kappa shape index (κ1) is 18.7. The van der Waals surface area contributed by atoms with Crippen molar-refractivity contribution in [3.63, 3.8) is 0 Å². The molecule has 0 aliphatic carbocycles.